The second-order valence-electron chi connectivity index (χ2n) is 5.32. The minimum Gasteiger partial charge on any atom is -0.383 e. The summed E-state index contributed by atoms with van der Waals surface area (Å²) < 4.78 is 5.28. The molecule has 0 bridgehead atoms. The lowest BCUT2D eigenvalue weighted by atomic mass is 10.0. The smallest absolute Gasteiger partial charge is 0.0637 e. The summed E-state index contributed by atoms with van der Waals surface area (Å²) in [5, 5.41) is 0. The maximum Gasteiger partial charge on any atom is 0.0637 e. The van der Waals surface area contributed by atoms with Crippen LogP contribution in [0.5, 0.6) is 0 Å². The number of hydrogen-bond acceptors (Lipinski definition) is 3. The predicted octanol–water partition coefficient (Wildman–Crippen LogP) is 3.14. The van der Waals surface area contributed by atoms with Gasteiger partial charge in [-0.3, -0.25) is 0 Å². The third-order valence-corrected chi connectivity index (χ3v) is 3.92. The first kappa shape index (κ1) is 17.0. The fourth-order valence-corrected chi connectivity index (χ4v) is 2.78. The number of benzene rings is 1. The number of nitrogens with two attached hydrogens (primary N) is 1. The van der Waals surface area contributed by atoms with Crippen molar-refractivity contribution in [1.82, 2.24) is 0 Å². The number of aryl methyl sites for hydroxylation is 1. The Morgan fingerprint density at radius 1 is 1.25 bits per heavy atom. The molecule has 3 nitrogen and oxygen atoms in total. The van der Waals surface area contributed by atoms with Gasteiger partial charge in [0.15, 0.2) is 0 Å². The largest absolute Gasteiger partial charge is 0.383 e. The van der Waals surface area contributed by atoms with Crippen LogP contribution < -0.4 is 10.6 Å². The van der Waals surface area contributed by atoms with Gasteiger partial charge in [-0.1, -0.05) is 26.0 Å². The molecular formula is C17H30N2O. The van der Waals surface area contributed by atoms with Crippen molar-refractivity contribution < 1.29 is 4.74 Å². The normalized spacial score (nSPS) is 11.1. The number of rotatable bonds is 9. The number of ether oxygens (including phenoxy) is 1. The van der Waals surface area contributed by atoms with E-state index in [1.165, 1.54) is 16.8 Å². The Bertz CT molecular complexity index is 389. The summed E-state index contributed by atoms with van der Waals surface area (Å²) in [4.78, 5) is 2.49. The van der Waals surface area contributed by atoms with E-state index in [-0.39, 0.29) is 0 Å². The molecule has 0 aromatic heterocycles. The van der Waals surface area contributed by atoms with Gasteiger partial charge in [-0.15, -0.1) is 0 Å². The van der Waals surface area contributed by atoms with Gasteiger partial charge < -0.3 is 15.4 Å². The molecule has 0 aliphatic heterocycles. The first-order valence-electron chi connectivity index (χ1n) is 7.73. The minimum atomic E-state index is 0.573. The van der Waals surface area contributed by atoms with E-state index in [0.717, 1.165) is 32.4 Å². The van der Waals surface area contributed by atoms with E-state index in [9.17, 15) is 0 Å². The van der Waals surface area contributed by atoms with Gasteiger partial charge in [0.05, 0.1) is 6.61 Å². The molecule has 0 aliphatic rings. The molecule has 2 N–H and O–H groups in total. The average molecular weight is 278 g/mol. The number of hydrogen-bond donors (Lipinski definition) is 1. The second-order valence-corrected chi connectivity index (χ2v) is 5.32. The van der Waals surface area contributed by atoms with Crippen LogP contribution in [0.2, 0.25) is 0 Å². The Kier molecular flexibility index (Phi) is 7.63. The van der Waals surface area contributed by atoms with Crippen LogP contribution in [0.1, 0.15) is 37.8 Å². The molecule has 0 atom stereocenters. The van der Waals surface area contributed by atoms with E-state index in [4.69, 9.17) is 10.5 Å². The van der Waals surface area contributed by atoms with Crippen LogP contribution in [-0.4, -0.2) is 32.8 Å². The molecule has 0 saturated carbocycles. The lowest BCUT2D eigenvalue weighted by Gasteiger charge is -2.34. The van der Waals surface area contributed by atoms with Gasteiger partial charge >= 0.3 is 0 Å². The molecule has 3 heteroatoms. The van der Waals surface area contributed by atoms with Crippen molar-refractivity contribution in [2.75, 3.05) is 31.7 Å². The maximum absolute atomic E-state index is 5.64. The van der Waals surface area contributed by atoms with Gasteiger partial charge in [0.2, 0.25) is 0 Å². The van der Waals surface area contributed by atoms with Crippen molar-refractivity contribution in [3.8, 4) is 0 Å². The molecule has 0 aliphatic carbocycles. The Morgan fingerprint density at radius 3 is 2.45 bits per heavy atom. The molecule has 114 valence electrons. The topological polar surface area (TPSA) is 38.5 Å². The van der Waals surface area contributed by atoms with E-state index in [1.54, 1.807) is 7.11 Å². The highest BCUT2D eigenvalue weighted by atomic mass is 16.5. The summed E-state index contributed by atoms with van der Waals surface area (Å²) in [7, 11) is 1.77. The van der Waals surface area contributed by atoms with Gasteiger partial charge in [0.25, 0.3) is 0 Å². The van der Waals surface area contributed by atoms with Crippen LogP contribution in [0.4, 0.5) is 5.69 Å². The summed E-state index contributed by atoms with van der Waals surface area (Å²) >= 11 is 0. The Hall–Kier alpha value is -1.06. The highest BCUT2D eigenvalue weighted by molar-refractivity contribution is 5.55. The zero-order chi connectivity index (χ0) is 15.0. The number of anilines is 1. The van der Waals surface area contributed by atoms with Crippen molar-refractivity contribution >= 4 is 5.69 Å². The highest BCUT2D eigenvalue weighted by Crippen LogP contribution is 2.25. The van der Waals surface area contributed by atoms with Crippen LogP contribution in [0.25, 0.3) is 0 Å². The molecule has 20 heavy (non-hydrogen) atoms. The quantitative estimate of drug-likeness (QED) is 0.754. The minimum absolute atomic E-state index is 0.573. The van der Waals surface area contributed by atoms with E-state index < -0.39 is 0 Å². The van der Waals surface area contributed by atoms with Crippen LogP contribution >= 0.6 is 0 Å². The van der Waals surface area contributed by atoms with Crippen molar-refractivity contribution in [3.63, 3.8) is 0 Å². The average Bonchev–Trinajstić information content (AvgIpc) is 2.45. The summed E-state index contributed by atoms with van der Waals surface area (Å²) in [5.41, 5.74) is 9.63. The Balaban J connectivity index is 2.99. The van der Waals surface area contributed by atoms with Gasteiger partial charge in [0.1, 0.15) is 0 Å². The zero-order valence-electron chi connectivity index (χ0n) is 13.5. The van der Waals surface area contributed by atoms with Crippen molar-refractivity contribution in [3.05, 3.63) is 29.3 Å². The molecule has 1 aromatic carbocycles. The SMILES string of the molecule is CCC(CC)N(CCOC)c1ccc(CCN)cc1C. The molecule has 0 spiro atoms. The van der Waals surface area contributed by atoms with Gasteiger partial charge in [-0.05, 0) is 49.9 Å². The molecule has 0 fully saturated rings. The Morgan fingerprint density at radius 2 is 1.95 bits per heavy atom. The van der Waals surface area contributed by atoms with Gasteiger partial charge in [0, 0.05) is 25.4 Å². The summed E-state index contributed by atoms with van der Waals surface area (Å²) in [6.07, 6.45) is 3.26. The molecule has 0 heterocycles. The third kappa shape index (κ3) is 4.50. The van der Waals surface area contributed by atoms with E-state index in [0.29, 0.717) is 12.6 Å². The first-order chi connectivity index (χ1) is 9.67. The second kappa shape index (κ2) is 8.98. The van der Waals surface area contributed by atoms with E-state index >= 15 is 0 Å². The van der Waals surface area contributed by atoms with Crippen molar-refractivity contribution in [2.24, 2.45) is 5.73 Å². The van der Waals surface area contributed by atoms with E-state index in [2.05, 4.69) is 43.9 Å². The number of methoxy groups -OCH3 is 1. The highest BCUT2D eigenvalue weighted by Gasteiger charge is 2.17. The molecule has 1 aromatic rings. The van der Waals surface area contributed by atoms with Gasteiger partial charge in [-0.2, -0.15) is 0 Å². The fourth-order valence-electron chi connectivity index (χ4n) is 2.78. The molecule has 0 unspecified atom stereocenters. The molecule has 0 amide bonds. The lowest BCUT2D eigenvalue weighted by Crippen LogP contribution is -2.37. The van der Waals surface area contributed by atoms with E-state index in [1.807, 2.05) is 0 Å². The molecule has 0 saturated heterocycles. The predicted molar refractivity (Wildman–Crippen MR) is 87.5 cm³/mol. The zero-order valence-corrected chi connectivity index (χ0v) is 13.5. The summed E-state index contributed by atoms with van der Waals surface area (Å²) in [5.74, 6) is 0. The van der Waals surface area contributed by atoms with Crippen LogP contribution in [0.15, 0.2) is 18.2 Å². The fraction of sp³-hybridized carbons (Fsp3) is 0.647. The Labute approximate surface area is 124 Å². The van der Waals surface area contributed by atoms with Crippen molar-refractivity contribution in [2.45, 2.75) is 46.1 Å². The first-order valence-corrected chi connectivity index (χ1v) is 7.73. The third-order valence-electron chi connectivity index (χ3n) is 3.92. The lowest BCUT2D eigenvalue weighted by molar-refractivity contribution is 0.202. The van der Waals surface area contributed by atoms with Crippen LogP contribution in [0, 0.1) is 6.92 Å². The summed E-state index contributed by atoms with van der Waals surface area (Å²) in [6, 6.07) is 7.29. The maximum atomic E-state index is 5.64. The molecule has 0 radical (unpaired) electrons. The molecular weight excluding hydrogens is 248 g/mol. The van der Waals surface area contributed by atoms with Crippen molar-refractivity contribution in [1.29, 1.82) is 0 Å². The van der Waals surface area contributed by atoms with Crippen LogP contribution in [0.3, 0.4) is 0 Å². The standard InChI is InChI=1S/C17H30N2O/c1-5-16(6-2)19(11-12-20-4)17-8-7-15(9-10-18)13-14(17)3/h7-8,13,16H,5-6,9-12,18H2,1-4H3. The molecule has 1 rings (SSSR count). The van der Waals surface area contributed by atoms with Crippen LogP contribution in [-0.2, 0) is 11.2 Å². The van der Waals surface area contributed by atoms with Gasteiger partial charge in [-0.25, -0.2) is 0 Å². The number of nitrogens with zero attached hydrogens (tertiary/aromatic N) is 1. The monoisotopic (exact) mass is 278 g/mol. The summed E-state index contributed by atoms with van der Waals surface area (Å²) in [6.45, 7) is 9.12.